The van der Waals surface area contributed by atoms with Gasteiger partial charge in [0.2, 0.25) is 5.91 Å². The molecule has 0 N–H and O–H groups in total. The van der Waals surface area contributed by atoms with E-state index in [2.05, 4.69) is 22.0 Å². The van der Waals surface area contributed by atoms with Gasteiger partial charge in [-0.15, -0.1) is 10.2 Å². The molecule has 0 bridgehead atoms. The normalized spacial score (nSPS) is 14.8. The third-order valence-electron chi connectivity index (χ3n) is 5.26. The van der Waals surface area contributed by atoms with Gasteiger partial charge in [-0.05, 0) is 30.8 Å². The van der Waals surface area contributed by atoms with Gasteiger partial charge in [0.25, 0.3) is 0 Å². The zero-order valence-corrected chi connectivity index (χ0v) is 17.7. The third-order valence-corrected chi connectivity index (χ3v) is 6.17. The summed E-state index contributed by atoms with van der Waals surface area (Å²) in [6.45, 7) is 6.46. The molecule has 0 aliphatic carbocycles. The maximum Gasteiger partial charge on any atom is 0.233 e. The van der Waals surface area contributed by atoms with E-state index in [0.717, 1.165) is 38.4 Å². The zero-order chi connectivity index (χ0) is 20.9. The first kappa shape index (κ1) is 20.6. The van der Waals surface area contributed by atoms with Gasteiger partial charge in [-0.1, -0.05) is 49.0 Å². The van der Waals surface area contributed by atoms with E-state index in [-0.39, 0.29) is 17.5 Å². The molecule has 1 aliphatic heterocycles. The Morgan fingerprint density at radius 1 is 1.00 bits per heavy atom. The monoisotopic (exact) mass is 425 g/mol. The number of hydrogen-bond acceptors (Lipinski definition) is 5. The third kappa shape index (κ3) is 4.39. The molecule has 1 aromatic heterocycles. The molecule has 2 heterocycles. The van der Waals surface area contributed by atoms with Crippen molar-refractivity contribution in [1.29, 1.82) is 0 Å². The van der Waals surface area contributed by atoms with Crippen LogP contribution in [0.25, 0.3) is 17.1 Å². The van der Waals surface area contributed by atoms with Crippen molar-refractivity contribution in [3.05, 3.63) is 60.4 Å². The number of benzene rings is 2. The molecule has 0 atom stereocenters. The first-order valence-electron chi connectivity index (χ1n) is 10.1. The van der Waals surface area contributed by atoms with E-state index in [1.807, 2.05) is 39.8 Å². The number of thioether (sulfide) groups is 1. The maximum absolute atomic E-state index is 14.4. The Hall–Kier alpha value is -2.71. The van der Waals surface area contributed by atoms with E-state index in [4.69, 9.17) is 0 Å². The van der Waals surface area contributed by atoms with Gasteiger partial charge in [0.15, 0.2) is 11.0 Å². The molecule has 30 heavy (non-hydrogen) atoms. The van der Waals surface area contributed by atoms with Crippen LogP contribution in [0.3, 0.4) is 0 Å². The summed E-state index contributed by atoms with van der Waals surface area (Å²) < 4.78 is 16.3. The number of likely N-dealkylation sites (N-methyl/N-ethyl adjacent to an activating group) is 1. The van der Waals surface area contributed by atoms with Crippen molar-refractivity contribution in [3.63, 3.8) is 0 Å². The molecule has 8 heteroatoms. The Balaban J connectivity index is 1.57. The van der Waals surface area contributed by atoms with Crippen LogP contribution in [0.15, 0.2) is 59.8 Å². The molecule has 1 aliphatic rings. The lowest BCUT2D eigenvalue weighted by Crippen LogP contribution is -2.49. The average Bonchev–Trinajstić information content (AvgIpc) is 3.22. The van der Waals surface area contributed by atoms with Gasteiger partial charge in [0.05, 0.1) is 11.3 Å². The number of carbonyl (C=O) groups excluding carboxylic acids is 1. The summed E-state index contributed by atoms with van der Waals surface area (Å²) in [4.78, 5) is 17.0. The lowest BCUT2D eigenvalue weighted by atomic mass is 10.2. The van der Waals surface area contributed by atoms with Gasteiger partial charge < -0.3 is 9.80 Å². The molecule has 1 amide bonds. The van der Waals surface area contributed by atoms with Crippen molar-refractivity contribution in [1.82, 2.24) is 24.6 Å². The van der Waals surface area contributed by atoms with Gasteiger partial charge in [0, 0.05) is 31.9 Å². The second-order valence-corrected chi connectivity index (χ2v) is 8.00. The minimum absolute atomic E-state index is 0.0887. The van der Waals surface area contributed by atoms with Gasteiger partial charge >= 0.3 is 0 Å². The van der Waals surface area contributed by atoms with Crippen LogP contribution < -0.4 is 0 Å². The summed E-state index contributed by atoms with van der Waals surface area (Å²) in [5.74, 6) is 0.425. The van der Waals surface area contributed by atoms with Gasteiger partial charge in [0.1, 0.15) is 5.82 Å². The Bertz CT molecular complexity index is 1000. The fourth-order valence-electron chi connectivity index (χ4n) is 3.52. The van der Waals surface area contributed by atoms with Crippen molar-refractivity contribution in [3.8, 4) is 17.1 Å². The van der Waals surface area contributed by atoms with E-state index in [1.54, 1.807) is 18.2 Å². The first-order valence-corrected chi connectivity index (χ1v) is 11.0. The Kier molecular flexibility index (Phi) is 6.44. The zero-order valence-electron chi connectivity index (χ0n) is 16.9. The van der Waals surface area contributed by atoms with Crippen LogP contribution in [-0.4, -0.2) is 68.9 Å². The molecule has 0 unspecified atom stereocenters. The highest BCUT2D eigenvalue weighted by molar-refractivity contribution is 7.99. The standard InChI is InChI=1S/C22H24FN5OS/c1-2-26-12-14-27(15-13-26)20(29)16-30-22-25-24-21(18-10-6-7-11-19(18)23)28(22)17-8-4-3-5-9-17/h3-11H,2,12-16H2,1H3. The molecular formula is C22H24FN5OS. The second kappa shape index (κ2) is 9.40. The number of carbonyl (C=O) groups is 1. The lowest BCUT2D eigenvalue weighted by Gasteiger charge is -2.34. The van der Waals surface area contributed by atoms with Crippen LogP contribution in [0.5, 0.6) is 0 Å². The molecule has 156 valence electrons. The van der Waals surface area contributed by atoms with Crippen LogP contribution >= 0.6 is 11.8 Å². The van der Waals surface area contributed by atoms with E-state index >= 15 is 0 Å². The molecule has 0 saturated carbocycles. The van der Waals surface area contributed by atoms with Crippen LogP contribution in [0, 0.1) is 5.82 Å². The van der Waals surface area contributed by atoms with E-state index < -0.39 is 0 Å². The molecule has 1 saturated heterocycles. The maximum atomic E-state index is 14.4. The first-order chi connectivity index (χ1) is 14.7. The molecule has 3 aromatic rings. The molecule has 6 nitrogen and oxygen atoms in total. The van der Waals surface area contributed by atoms with Gasteiger partial charge in [-0.3, -0.25) is 9.36 Å². The average molecular weight is 426 g/mol. The number of hydrogen-bond donors (Lipinski definition) is 0. The van der Waals surface area contributed by atoms with Crippen molar-refractivity contribution in [2.75, 3.05) is 38.5 Å². The van der Waals surface area contributed by atoms with Crippen molar-refractivity contribution in [2.45, 2.75) is 12.1 Å². The molecule has 1 fully saturated rings. The Morgan fingerprint density at radius 2 is 1.70 bits per heavy atom. The summed E-state index contributed by atoms with van der Waals surface area (Å²) in [5, 5.41) is 9.11. The van der Waals surface area contributed by atoms with Crippen LogP contribution in [0.2, 0.25) is 0 Å². The highest BCUT2D eigenvalue weighted by Gasteiger charge is 2.23. The number of halogens is 1. The summed E-state index contributed by atoms with van der Waals surface area (Å²) in [5.41, 5.74) is 1.20. The highest BCUT2D eigenvalue weighted by Crippen LogP contribution is 2.29. The number of amides is 1. The summed E-state index contributed by atoms with van der Waals surface area (Å²) in [7, 11) is 0. The molecule has 2 aromatic carbocycles. The Morgan fingerprint density at radius 3 is 2.40 bits per heavy atom. The lowest BCUT2D eigenvalue weighted by molar-refractivity contribution is -0.130. The van der Waals surface area contributed by atoms with Crippen molar-refractivity contribution in [2.24, 2.45) is 0 Å². The smallest absolute Gasteiger partial charge is 0.233 e. The summed E-state index contributed by atoms with van der Waals surface area (Å²) in [6, 6.07) is 16.1. The highest BCUT2D eigenvalue weighted by atomic mass is 32.2. The topological polar surface area (TPSA) is 54.3 Å². The summed E-state index contributed by atoms with van der Waals surface area (Å²) in [6.07, 6.45) is 0. The van der Waals surface area contributed by atoms with E-state index in [1.165, 1.54) is 17.8 Å². The van der Waals surface area contributed by atoms with Gasteiger partial charge in [-0.2, -0.15) is 0 Å². The molecule has 0 radical (unpaired) electrons. The van der Waals surface area contributed by atoms with Crippen molar-refractivity contribution >= 4 is 17.7 Å². The predicted molar refractivity (Wildman–Crippen MR) is 116 cm³/mol. The number of piperazine rings is 1. The number of aromatic nitrogens is 3. The molecule has 4 rings (SSSR count). The SMILES string of the molecule is CCN1CCN(C(=O)CSc2nnc(-c3ccccc3F)n2-c2ccccc2)CC1. The summed E-state index contributed by atoms with van der Waals surface area (Å²) >= 11 is 1.33. The second-order valence-electron chi connectivity index (χ2n) is 7.06. The number of nitrogens with zero attached hydrogens (tertiary/aromatic N) is 5. The minimum Gasteiger partial charge on any atom is -0.339 e. The largest absolute Gasteiger partial charge is 0.339 e. The molecule has 0 spiro atoms. The quantitative estimate of drug-likeness (QED) is 0.567. The van der Waals surface area contributed by atoms with Crippen LogP contribution in [0.4, 0.5) is 4.39 Å². The van der Waals surface area contributed by atoms with Crippen LogP contribution in [-0.2, 0) is 4.79 Å². The fraction of sp³-hybridized carbons (Fsp3) is 0.318. The number of para-hydroxylation sites is 1. The van der Waals surface area contributed by atoms with E-state index in [9.17, 15) is 9.18 Å². The minimum atomic E-state index is -0.358. The van der Waals surface area contributed by atoms with Gasteiger partial charge in [-0.25, -0.2) is 4.39 Å². The Labute approximate surface area is 179 Å². The fourth-order valence-corrected chi connectivity index (χ4v) is 4.38. The number of rotatable bonds is 6. The molecular weight excluding hydrogens is 401 g/mol. The van der Waals surface area contributed by atoms with E-state index in [0.29, 0.717) is 16.5 Å². The van der Waals surface area contributed by atoms with Crippen LogP contribution in [0.1, 0.15) is 6.92 Å². The predicted octanol–water partition coefficient (Wildman–Crippen LogP) is 3.33. The van der Waals surface area contributed by atoms with Crippen molar-refractivity contribution < 1.29 is 9.18 Å².